The Hall–Kier alpha value is -2.83. The van der Waals surface area contributed by atoms with E-state index in [2.05, 4.69) is 0 Å². The van der Waals surface area contributed by atoms with Crippen LogP contribution < -0.4 is 0 Å². The molecule has 0 bridgehead atoms. The standard InChI is InChI=1S/C16H16FNO5/c1-3-22-15(20)13-12(19)9-18(14(13)16(21)23-4-2)11-7-5-10(17)6-8-11/h5-9,19H,3-4H2,1-2H3. The lowest BCUT2D eigenvalue weighted by Crippen LogP contribution is -2.16. The van der Waals surface area contributed by atoms with Crippen LogP contribution in [-0.4, -0.2) is 34.8 Å². The molecule has 2 rings (SSSR count). The van der Waals surface area contributed by atoms with Crippen LogP contribution in [0.1, 0.15) is 34.7 Å². The first-order valence-corrected chi connectivity index (χ1v) is 7.04. The molecule has 2 aromatic rings. The van der Waals surface area contributed by atoms with Crippen LogP contribution in [0.3, 0.4) is 0 Å². The fourth-order valence-electron chi connectivity index (χ4n) is 2.10. The maximum Gasteiger partial charge on any atom is 0.356 e. The average Bonchev–Trinajstić information content (AvgIpc) is 2.86. The number of carbonyl (C=O) groups excluding carboxylic acids is 2. The number of esters is 2. The van der Waals surface area contributed by atoms with Crippen LogP contribution in [0.25, 0.3) is 5.69 Å². The molecular formula is C16H16FNO5. The molecule has 0 aliphatic rings. The summed E-state index contributed by atoms with van der Waals surface area (Å²) in [5, 5.41) is 10.0. The first-order chi connectivity index (χ1) is 11.0. The number of aromatic nitrogens is 1. The highest BCUT2D eigenvalue weighted by Gasteiger charge is 2.29. The van der Waals surface area contributed by atoms with Gasteiger partial charge in [0.15, 0.2) is 5.69 Å². The first-order valence-electron chi connectivity index (χ1n) is 7.04. The Morgan fingerprint density at radius 3 is 2.22 bits per heavy atom. The number of benzene rings is 1. The van der Waals surface area contributed by atoms with E-state index in [0.29, 0.717) is 5.69 Å². The lowest BCUT2D eigenvalue weighted by atomic mass is 10.2. The number of hydrogen-bond donors (Lipinski definition) is 1. The first kappa shape index (κ1) is 16.5. The van der Waals surface area contributed by atoms with E-state index in [1.54, 1.807) is 13.8 Å². The second-order valence-electron chi connectivity index (χ2n) is 4.53. The minimum Gasteiger partial charge on any atom is -0.505 e. The van der Waals surface area contributed by atoms with E-state index in [0.717, 1.165) is 0 Å². The smallest absolute Gasteiger partial charge is 0.356 e. The van der Waals surface area contributed by atoms with Gasteiger partial charge in [-0.2, -0.15) is 0 Å². The third-order valence-electron chi connectivity index (χ3n) is 3.04. The van der Waals surface area contributed by atoms with Crippen molar-refractivity contribution >= 4 is 11.9 Å². The summed E-state index contributed by atoms with van der Waals surface area (Å²) in [5.41, 5.74) is -0.0654. The highest BCUT2D eigenvalue weighted by Crippen LogP contribution is 2.28. The molecule has 0 radical (unpaired) electrons. The molecule has 1 aromatic heterocycles. The van der Waals surface area contributed by atoms with E-state index in [4.69, 9.17) is 9.47 Å². The van der Waals surface area contributed by atoms with Gasteiger partial charge < -0.3 is 19.1 Å². The van der Waals surface area contributed by atoms with E-state index >= 15 is 0 Å². The zero-order valence-electron chi connectivity index (χ0n) is 12.7. The van der Waals surface area contributed by atoms with Crippen molar-refractivity contribution in [3.05, 3.63) is 47.5 Å². The minimum absolute atomic E-state index is 0.0856. The van der Waals surface area contributed by atoms with Gasteiger partial charge in [0.05, 0.1) is 19.4 Å². The van der Waals surface area contributed by atoms with Gasteiger partial charge >= 0.3 is 11.9 Å². The topological polar surface area (TPSA) is 77.8 Å². The quantitative estimate of drug-likeness (QED) is 0.857. The Morgan fingerprint density at radius 1 is 1.09 bits per heavy atom. The maximum absolute atomic E-state index is 13.1. The van der Waals surface area contributed by atoms with Gasteiger partial charge in [-0.1, -0.05) is 0 Å². The fraction of sp³-hybridized carbons (Fsp3) is 0.250. The predicted octanol–water partition coefficient (Wildman–Crippen LogP) is 2.68. The zero-order chi connectivity index (χ0) is 17.0. The molecule has 0 aliphatic heterocycles. The van der Waals surface area contributed by atoms with Gasteiger partial charge in [-0.3, -0.25) is 0 Å². The molecule has 0 saturated heterocycles. The zero-order valence-corrected chi connectivity index (χ0v) is 12.7. The number of aromatic hydroxyl groups is 1. The molecular weight excluding hydrogens is 305 g/mol. The molecule has 0 atom stereocenters. The highest BCUT2D eigenvalue weighted by molar-refractivity contribution is 6.04. The molecule has 0 aliphatic carbocycles. The Morgan fingerprint density at radius 2 is 1.65 bits per heavy atom. The molecule has 7 heteroatoms. The third kappa shape index (κ3) is 3.33. The summed E-state index contributed by atoms with van der Waals surface area (Å²) in [6, 6.07) is 5.22. The molecule has 23 heavy (non-hydrogen) atoms. The summed E-state index contributed by atoms with van der Waals surface area (Å²) in [6.07, 6.45) is 1.19. The molecule has 6 nitrogen and oxygen atoms in total. The Kier molecular flexibility index (Phi) is 5.00. The summed E-state index contributed by atoms with van der Waals surface area (Å²) < 4.78 is 24.1. The molecule has 0 saturated carbocycles. The number of halogens is 1. The van der Waals surface area contributed by atoms with Crippen LogP contribution in [0.4, 0.5) is 4.39 Å². The van der Waals surface area contributed by atoms with Crippen molar-refractivity contribution in [1.82, 2.24) is 4.57 Å². The summed E-state index contributed by atoms with van der Waals surface area (Å²) in [5.74, 6) is -2.50. The van der Waals surface area contributed by atoms with Gasteiger partial charge in [-0.25, -0.2) is 14.0 Å². The fourth-order valence-corrected chi connectivity index (χ4v) is 2.10. The van der Waals surface area contributed by atoms with Gasteiger partial charge in [-0.15, -0.1) is 0 Å². The number of nitrogens with zero attached hydrogens (tertiary/aromatic N) is 1. The predicted molar refractivity (Wildman–Crippen MR) is 79.3 cm³/mol. The van der Waals surface area contributed by atoms with Crippen molar-refractivity contribution in [3.63, 3.8) is 0 Å². The summed E-state index contributed by atoms with van der Waals surface area (Å²) >= 11 is 0. The summed E-state index contributed by atoms with van der Waals surface area (Å²) in [6.45, 7) is 3.40. The molecule has 0 fully saturated rings. The molecule has 0 amide bonds. The van der Waals surface area contributed by atoms with Crippen LogP contribution in [-0.2, 0) is 9.47 Å². The molecule has 1 aromatic carbocycles. The van der Waals surface area contributed by atoms with Crippen LogP contribution in [0.15, 0.2) is 30.5 Å². The van der Waals surface area contributed by atoms with Crippen LogP contribution >= 0.6 is 0 Å². The molecule has 1 N–H and O–H groups in total. The van der Waals surface area contributed by atoms with E-state index < -0.39 is 23.5 Å². The van der Waals surface area contributed by atoms with Gasteiger partial charge in [0.2, 0.25) is 0 Å². The molecule has 0 unspecified atom stereocenters. The van der Waals surface area contributed by atoms with Crippen molar-refractivity contribution in [2.75, 3.05) is 13.2 Å². The number of carbonyl (C=O) groups is 2. The maximum atomic E-state index is 13.1. The lowest BCUT2D eigenvalue weighted by molar-refractivity contribution is 0.0471. The average molecular weight is 321 g/mol. The number of rotatable bonds is 5. The van der Waals surface area contributed by atoms with Crippen molar-refractivity contribution in [1.29, 1.82) is 0 Å². The SMILES string of the molecule is CCOC(=O)c1c(O)cn(-c2ccc(F)cc2)c1C(=O)OCC. The van der Waals surface area contributed by atoms with Crippen molar-refractivity contribution in [2.24, 2.45) is 0 Å². The van der Waals surface area contributed by atoms with Crippen LogP contribution in [0, 0.1) is 5.82 Å². The van der Waals surface area contributed by atoms with Crippen molar-refractivity contribution in [2.45, 2.75) is 13.8 Å². The van der Waals surface area contributed by atoms with Gasteiger partial charge in [0.25, 0.3) is 0 Å². The van der Waals surface area contributed by atoms with Crippen LogP contribution in [0.2, 0.25) is 0 Å². The highest BCUT2D eigenvalue weighted by atomic mass is 19.1. The lowest BCUT2D eigenvalue weighted by Gasteiger charge is -2.10. The Balaban J connectivity index is 2.62. The van der Waals surface area contributed by atoms with E-state index in [1.807, 2.05) is 0 Å². The third-order valence-corrected chi connectivity index (χ3v) is 3.04. The second-order valence-corrected chi connectivity index (χ2v) is 4.53. The van der Waals surface area contributed by atoms with Gasteiger partial charge in [0.1, 0.15) is 17.1 Å². The van der Waals surface area contributed by atoms with Gasteiger partial charge in [-0.05, 0) is 38.1 Å². The monoisotopic (exact) mass is 321 g/mol. The van der Waals surface area contributed by atoms with Crippen molar-refractivity contribution < 1.29 is 28.6 Å². The number of hydrogen-bond acceptors (Lipinski definition) is 5. The largest absolute Gasteiger partial charge is 0.505 e. The van der Waals surface area contributed by atoms with E-state index in [-0.39, 0.29) is 24.5 Å². The van der Waals surface area contributed by atoms with Crippen LogP contribution in [0.5, 0.6) is 5.75 Å². The molecule has 0 spiro atoms. The summed E-state index contributed by atoms with van der Waals surface area (Å²) in [4.78, 5) is 24.2. The molecule has 1 heterocycles. The van der Waals surface area contributed by atoms with E-state index in [9.17, 15) is 19.1 Å². The van der Waals surface area contributed by atoms with Gasteiger partial charge in [0, 0.05) is 5.69 Å². The van der Waals surface area contributed by atoms with Crippen molar-refractivity contribution in [3.8, 4) is 11.4 Å². The Bertz CT molecular complexity index is 721. The minimum atomic E-state index is -0.839. The summed E-state index contributed by atoms with van der Waals surface area (Å²) in [7, 11) is 0. The number of ether oxygens (including phenoxy) is 2. The second kappa shape index (κ2) is 6.95. The normalized spacial score (nSPS) is 10.4. The Labute approximate surface area is 132 Å². The molecule has 122 valence electrons. The van der Waals surface area contributed by atoms with E-state index in [1.165, 1.54) is 35.0 Å².